The molecule has 8 heteroatoms. The Labute approximate surface area is 273 Å². The van der Waals surface area contributed by atoms with Crippen LogP contribution >= 0.6 is 0 Å². The summed E-state index contributed by atoms with van der Waals surface area (Å²) in [6, 6.07) is 23.0. The van der Waals surface area contributed by atoms with Crippen molar-refractivity contribution in [1.82, 2.24) is 0 Å². The number of ether oxygens (including phenoxy) is 4. The highest BCUT2D eigenvalue weighted by Gasteiger charge is 2.28. The van der Waals surface area contributed by atoms with Crippen LogP contribution in [-0.2, 0) is 38.3 Å². The molecule has 0 aliphatic carbocycles. The predicted octanol–water partition coefficient (Wildman–Crippen LogP) is 6.28. The fourth-order valence-electron chi connectivity index (χ4n) is 4.55. The van der Waals surface area contributed by atoms with E-state index in [1.165, 1.54) is 41.5 Å². The van der Waals surface area contributed by atoms with Gasteiger partial charge in [-0.2, -0.15) is 0 Å². The quantitative estimate of drug-likeness (QED) is 0.0851. The molecule has 0 heterocycles. The molecule has 0 aliphatic heterocycles. The van der Waals surface area contributed by atoms with E-state index in [1.807, 2.05) is 12.1 Å². The number of carbonyl (C=O) groups excluding carboxylic acids is 2. The molecule has 8 nitrogen and oxygen atoms in total. The van der Waals surface area contributed by atoms with E-state index in [0.717, 1.165) is 24.8 Å². The van der Waals surface area contributed by atoms with Crippen molar-refractivity contribution in [1.29, 1.82) is 0 Å². The number of unbranched alkanes of at least 4 members (excludes halogenated alkanes) is 2. The zero-order valence-electron chi connectivity index (χ0n) is 27.4. The van der Waals surface area contributed by atoms with Crippen LogP contribution in [0.4, 0.5) is 0 Å². The van der Waals surface area contributed by atoms with E-state index in [0.29, 0.717) is 11.5 Å². The topological polar surface area (TPSA) is 112 Å². The minimum Gasteiger partial charge on any atom is -0.490 e. The van der Waals surface area contributed by atoms with Crippen molar-refractivity contribution in [2.24, 2.45) is 5.41 Å². The molecule has 0 amide bonds. The number of benzene rings is 3. The molecule has 0 aromatic heterocycles. The average Bonchev–Trinajstić information content (AvgIpc) is 3.07. The minimum absolute atomic E-state index is 0.0111. The van der Waals surface area contributed by atoms with E-state index in [4.69, 9.17) is 24.1 Å². The maximum Gasteiger partial charge on any atom is 0.335 e. The number of rotatable bonds is 20. The molecule has 0 saturated heterocycles. The maximum absolute atomic E-state index is 12.1. The molecular weight excluding hydrogens is 584 g/mol. The number of aliphatic hydroxyl groups excluding tert-OH is 2. The summed E-state index contributed by atoms with van der Waals surface area (Å²) in [6.45, 7) is 8.36. The summed E-state index contributed by atoms with van der Waals surface area (Å²) in [7, 11) is 0. The average molecular weight is 633 g/mol. The molecule has 3 rings (SSSR count). The molecular formula is C38H48O8. The first kappa shape index (κ1) is 36.3. The Balaban J connectivity index is 1.61. The molecule has 0 unspecified atom stereocenters. The molecule has 3 aromatic carbocycles. The van der Waals surface area contributed by atoms with E-state index >= 15 is 0 Å². The Hall–Kier alpha value is -4.14. The monoisotopic (exact) mass is 632 g/mol. The van der Waals surface area contributed by atoms with E-state index in [1.54, 1.807) is 19.9 Å². The number of aliphatic hydroxyl groups is 2. The summed E-state index contributed by atoms with van der Waals surface area (Å²) in [5.41, 5.74) is 4.94. The van der Waals surface area contributed by atoms with Crippen molar-refractivity contribution in [3.05, 3.63) is 95.6 Å². The highest BCUT2D eigenvalue weighted by Crippen LogP contribution is 2.26. The first-order valence-electron chi connectivity index (χ1n) is 16.0. The molecule has 46 heavy (non-hydrogen) atoms. The molecule has 0 fully saturated rings. The van der Waals surface area contributed by atoms with Crippen LogP contribution < -0.4 is 9.47 Å². The second-order valence-corrected chi connectivity index (χ2v) is 11.9. The Morgan fingerprint density at radius 3 is 1.74 bits per heavy atom. The fraction of sp³-hybridized carbons (Fsp3) is 0.421. The van der Waals surface area contributed by atoms with Crippen LogP contribution in [0.2, 0.25) is 0 Å². The lowest BCUT2D eigenvalue weighted by Crippen LogP contribution is -2.31. The Morgan fingerprint density at radius 2 is 1.22 bits per heavy atom. The van der Waals surface area contributed by atoms with Gasteiger partial charge < -0.3 is 29.2 Å². The first-order valence-corrected chi connectivity index (χ1v) is 16.0. The van der Waals surface area contributed by atoms with Crippen LogP contribution in [-0.4, -0.2) is 61.8 Å². The second-order valence-electron chi connectivity index (χ2n) is 11.9. The van der Waals surface area contributed by atoms with Crippen LogP contribution in [0.25, 0.3) is 11.1 Å². The first-order chi connectivity index (χ1) is 22.1. The van der Waals surface area contributed by atoms with Crippen molar-refractivity contribution in [3.8, 4) is 22.6 Å². The highest BCUT2D eigenvalue weighted by atomic mass is 16.6. The maximum atomic E-state index is 12.1. The van der Waals surface area contributed by atoms with E-state index in [-0.39, 0.29) is 38.6 Å². The fourth-order valence-corrected chi connectivity index (χ4v) is 4.55. The van der Waals surface area contributed by atoms with Gasteiger partial charge in [-0.05, 0) is 79.5 Å². The minimum atomic E-state index is -0.982. The normalized spacial score (nSPS) is 11.2. The summed E-state index contributed by atoms with van der Waals surface area (Å²) >= 11 is 0. The van der Waals surface area contributed by atoms with Crippen LogP contribution in [0.1, 0.15) is 56.7 Å². The third kappa shape index (κ3) is 12.0. The molecule has 0 radical (unpaired) electrons. The zero-order valence-corrected chi connectivity index (χ0v) is 27.4. The van der Waals surface area contributed by atoms with Gasteiger partial charge in [-0.3, -0.25) is 4.79 Å². The van der Waals surface area contributed by atoms with Crippen LogP contribution in [0.15, 0.2) is 78.9 Å². The lowest BCUT2D eigenvalue weighted by Gasteiger charge is -2.19. The summed E-state index contributed by atoms with van der Waals surface area (Å²) in [5.74, 6) is -0.0889. The molecule has 0 bridgehead atoms. The van der Waals surface area contributed by atoms with Gasteiger partial charge in [-0.1, -0.05) is 74.9 Å². The van der Waals surface area contributed by atoms with Gasteiger partial charge in [0.05, 0.1) is 24.2 Å². The lowest BCUT2D eigenvalue weighted by atomic mass is 9.95. The molecule has 0 spiro atoms. The summed E-state index contributed by atoms with van der Waals surface area (Å²) < 4.78 is 22.0. The van der Waals surface area contributed by atoms with Crippen LogP contribution in [0, 0.1) is 5.41 Å². The van der Waals surface area contributed by atoms with Crippen molar-refractivity contribution in [2.75, 3.05) is 39.6 Å². The van der Waals surface area contributed by atoms with Crippen molar-refractivity contribution < 1.29 is 38.7 Å². The third-order valence-electron chi connectivity index (χ3n) is 7.55. The van der Waals surface area contributed by atoms with Gasteiger partial charge in [0, 0.05) is 6.07 Å². The van der Waals surface area contributed by atoms with Crippen molar-refractivity contribution in [2.45, 2.75) is 59.3 Å². The predicted molar refractivity (Wildman–Crippen MR) is 179 cm³/mol. The van der Waals surface area contributed by atoms with Crippen LogP contribution in [0.3, 0.4) is 0 Å². The molecule has 0 aliphatic rings. The molecule has 0 atom stereocenters. The van der Waals surface area contributed by atoms with Gasteiger partial charge in [-0.15, -0.1) is 0 Å². The molecule has 2 N–H and O–H groups in total. The summed E-state index contributed by atoms with van der Waals surface area (Å²) in [5, 5.41) is 18.4. The number of aryl methyl sites for hydroxylation is 3. The highest BCUT2D eigenvalue weighted by molar-refractivity contribution is 5.87. The second kappa shape index (κ2) is 18.7. The number of hydrogen-bond donors (Lipinski definition) is 2. The SMILES string of the molecule is C=C(CO)C(=O)OCCOc1cc(CCc2ccc(-c3ccc(CCCCC)cc3)cc2)cc(OCCOC(=O)C(C)(C)CO)c1. The summed E-state index contributed by atoms with van der Waals surface area (Å²) in [6.07, 6.45) is 6.36. The molecule has 0 saturated carbocycles. The van der Waals surface area contributed by atoms with Gasteiger partial charge in [0.15, 0.2) is 0 Å². The number of carbonyl (C=O) groups is 2. The van der Waals surface area contributed by atoms with Crippen molar-refractivity contribution >= 4 is 11.9 Å². The van der Waals surface area contributed by atoms with Gasteiger partial charge in [0.25, 0.3) is 0 Å². The number of hydrogen-bond acceptors (Lipinski definition) is 8. The van der Waals surface area contributed by atoms with Gasteiger partial charge in [0.1, 0.15) is 37.9 Å². The van der Waals surface area contributed by atoms with Gasteiger partial charge in [0.2, 0.25) is 0 Å². The standard InChI is InChI=1S/C38H48O8/c1-5-6-7-8-29-11-15-32(16-12-29)33-17-13-30(14-18-33)9-10-31-23-34(43-19-21-45-36(41)28(2)26-39)25-35(24-31)44-20-22-46-37(42)38(3,4)27-40/h11-18,23-25,39-40H,2,5-10,19-22,26-27H2,1,3-4H3. The van der Waals surface area contributed by atoms with E-state index in [2.05, 4.69) is 62.0 Å². The summed E-state index contributed by atoms with van der Waals surface area (Å²) in [4.78, 5) is 23.9. The van der Waals surface area contributed by atoms with E-state index < -0.39 is 24.0 Å². The smallest absolute Gasteiger partial charge is 0.335 e. The Morgan fingerprint density at radius 1 is 0.696 bits per heavy atom. The zero-order chi connectivity index (χ0) is 33.4. The van der Waals surface area contributed by atoms with Crippen molar-refractivity contribution in [3.63, 3.8) is 0 Å². The van der Waals surface area contributed by atoms with Gasteiger partial charge in [-0.25, -0.2) is 4.79 Å². The third-order valence-corrected chi connectivity index (χ3v) is 7.55. The molecule has 3 aromatic rings. The van der Waals surface area contributed by atoms with Gasteiger partial charge >= 0.3 is 11.9 Å². The molecule has 248 valence electrons. The van der Waals surface area contributed by atoms with Crippen LogP contribution in [0.5, 0.6) is 11.5 Å². The number of esters is 2. The van der Waals surface area contributed by atoms with E-state index in [9.17, 15) is 14.7 Å². The largest absolute Gasteiger partial charge is 0.490 e. The Kier molecular flexibility index (Phi) is 14.8. The lowest BCUT2D eigenvalue weighted by molar-refractivity contribution is -0.156. The Bertz CT molecular complexity index is 1390.